The molecule has 3 rings (SSSR count). The first-order chi connectivity index (χ1) is 14.9. The van der Waals surface area contributed by atoms with Gasteiger partial charge < -0.3 is 15.0 Å². The number of halogens is 1. The number of amides is 2. The third-order valence-electron chi connectivity index (χ3n) is 5.78. The summed E-state index contributed by atoms with van der Waals surface area (Å²) < 4.78 is 19.3. The molecule has 0 heterocycles. The van der Waals surface area contributed by atoms with Gasteiger partial charge in [0.25, 0.3) is 5.91 Å². The molecule has 1 N–H and O–H groups in total. The van der Waals surface area contributed by atoms with E-state index in [1.165, 1.54) is 23.5 Å². The third-order valence-corrected chi connectivity index (χ3v) is 5.78. The molecule has 2 aromatic rings. The molecule has 31 heavy (non-hydrogen) atoms. The predicted molar refractivity (Wildman–Crippen MR) is 118 cm³/mol. The van der Waals surface area contributed by atoms with Crippen LogP contribution in [0.3, 0.4) is 0 Å². The van der Waals surface area contributed by atoms with Gasteiger partial charge in [-0.05, 0) is 44.4 Å². The van der Waals surface area contributed by atoms with Gasteiger partial charge in [-0.3, -0.25) is 9.59 Å². The number of ether oxygens (including phenoxy) is 1. The molecule has 0 aliphatic heterocycles. The van der Waals surface area contributed by atoms with Crippen LogP contribution in [0.4, 0.5) is 4.39 Å². The van der Waals surface area contributed by atoms with E-state index in [1.54, 1.807) is 19.1 Å². The first-order valence-electron chi connectivity index (χ1n) is 11.0. The van der Waals surface area contributed by atoms with E-state index in [-0.39, 0.29) is 36.8 Å². The second kappa shape index (κ2) is 10.9. The normalized spacial score (nSPS) is 15.2. The molecule has 0 saturated heterocycles. The molecule has 1 atom stereocenters. The number of rotatable bonds is 8. The van der Waals surface area contributed by atoms with Gasteiger partial charge in [0.05, 0.1) is 0 Å². The van der Waals surface area contributed by atoms with Crippen LogP contribution in [0.25, 0.3) is 0 Å². The van der Waals surface area contributed by atoms with Crippen molar-refractivity contribution in [3.63, 3.8) is 0 Å². The van der Waals surface area contributed by atoms with Gasteiger partial charge in [0, 0.05) is 12.6 Å². The summed E-state index contributed by atoms with van der Waals surface area (Å²) in [6.07, 6.45) is 5.37. The monoisotopic (exact) mass is 426 g/mol. The molecule has 0 unspecified atom stereocenters. The minimum atomic E-state index is -0.667. The maximum atomic E-state index is 13.9. The number of nitrogens with one attached hydrogen (secondary N) is 1. The van der Waals surface area contributed by atoms with E-state index >= 15 is 0 Å². The lowest BCUT2D eigenvalue weighted by atomic mass is 9.95. The van der Waals surface area contributed by atoms with Crippen LogP contribution in [-0.2, 0) is 16.1 Å². The summed E-state index contributed by atoms with van der Waals surface area (Å²) in [6.45, 7) is 3.66. The largest absolute Gasteiger partial charge is 0.481 e. The number of carbonyl (C=O) groups is 2. The number of hydrogen-bond acceptors (Lipinski definition) is 3. The average molecular weight is 427 g/mol. The number of benzene rings is 2. The molecule has 0 aromatic heterocycles. The van der Waals surface area contributed by atoms with Gasteiger partial charge in [0.1, 0.15) is 6.04 Å². The Morgan fingerprint density at radius 3 is 2.45 bits per heavy atom. The van der Waals surface area contributed by atoms with Crippen LogP contribution in [-0.4, -0.2) is 35.4 Å². The summed E-state index contributed by atoms with van der Waals surface area (Å²) in [4.78, 5) is 27.5. The van der Waals surface area contributed by atoms with Crippen molar-refractivity contribution in [1.82, 2.24) is 10.2 Å². The lowest BCUT2D eigenvalue weighted by molar-refractivity contribution is -0.142. The summed E-state index contributed by atoms with van der Waals surface area (Å²) in [5.41, 5.74) is 2.04. The molecule has 1 fully saturated rings. The first-order valence-corrected chi connectivity index (χ1v) is 11.0. The molecule has 5 nitrogen and oxygen atoms in total. The van der Waals surface area contributed by atoms with Gasteiger partial charge in [0.2, 0.25) is 5.91 Å². The molecule has 0 radical (unpaired) electrons. The fourth-order valence-electron chi connectivity index (χ4n) is 3.83. The van der Waals surface area contributed by atoms with Crippen molar-refractivity contribution in [3.05, 3.63) is 65.5 Å². The Morgan fingerprint density at radius 1 is 1.10 bits per heavy atom. The Morgan fingerprint density at radius 2 is 1.77 bits per heavy atom. The topological polar surface area (TPSA) is 58.6 Å². The summed E-state index contributed by atoms with van der Waals surface area (Å²) in [7, 11) is 0. The van der Waals surface area contributed by atoms with E-state index < -0.39 is 11.9 Å². The molecule has 1 saturated carbocycles. The minimum Gasteiger partial charge on any atom is -0.481 e. The second-order valence-corrected chi connectivity index (χ2v) is 8.25. The molecule has 2 amide bonds. The highest BCUT2D eigenvalue weighted by molar-refractivity contribution is 5.88. The van der Waals surface area contributed by atoms with Crippen molar-refractivity contribution in [2.75, 3.05) is 6.61 Å². The van der Waals surface area contributed by atoms with E-state index in [2.05, 4.69) is 5.32 Å². The molecule has 2 aromatic carbocycles. The lowest BCUT2D eigenvalue weighted by Crippen LogP contribution is -2.51. The van der Waals surface area contributed by atoms with Crippen LogP contribution in [0.15, 0.2) is 48.5 Å². The highest BCUT2D eigenvalue weighted by Gasteiger charge is 2.28. The number of carbonyl (C=O) groups excluding carboxylic acids is 2. The van der Waals surface area contributed by atoms with Gasteiger partial charge in [-0.2, -0.15) is 0 Å². The van der Waals surface area contributed by atoms with E-state index in [4.69, 9.17) is 4.74 Å². The molecule has 6 heteroatoms. The van der Waals surface area contributed by atoms with E-state index in [9.17, 15) is 14.0 Å². The molecular formula is C25H31FN2O3. The number of nitrogens with zero attached hydrogens (tertiary/aromatic N) is 1. The Labute approximate surface area is 183 Å². The fraction of sp³-hybridized carbons (Fsp3) is 0.440. The second-order valence-electron chi connectivity index (χ2n) is 8.25. The first kappa shape index (κ1) is 22.8. The van der Waals surface area contributed by atoms with Crippen LogP contribution >= 0.6 is 0 Å². The van der Waals surface area contributed by atoms with Crippen molar-refractivity contribution in [3.8, 4) is 5.75 Å². The third kappa shape index (κ3) is 6.54. The van der Waals surface area contributed by atoms with Crippen molar-refractivity contribution >= 4 is 11.8 Å². The van der Waals surface area contributed by atoms with E-state index in [1.807, 2.05) is 31.2 Å². The van der Waals surface area contributed by atoms with Crippen molar-refractivity contribution < 1.29 is 18.7 Å². The van der Waals surface area contributed by atoms with Crippen molar-refractivity contribution in [2.24, 2.45) is 0 Å². The quantitative estimate of drug-likeness (QED) is 0.682. The Kier molecular flexibility index (Phi) is 8.04. The smallest absolute Gasteiger partial charge is 0.261 e. The minimum absolute atomic E-state index is 0.0189. The number of para-hydroxylation sites is 1. The fourth-order valence-corrected chi connectivity index (χ4v) is 3.83. The Hall–Kier alpha value is -2.89. The van der Waals surface area contributed by atoms with Crippen LogP contribution in [0.2, 0.25) is 0 Å². The highest BCUT2D eigenvalue weighted by atomic mass is 19.1. The molecule has 166 valence electrons. The van der Waals surface area contributed by atoms with E-state index in [0.717, 1.165) is 36.8 Å². The van der Waals surface area contributed by atoms with Gasteiger partial charge in [0.15, 0.2) is 18.2 Å². The number of aryl methyl sites for hydroxylation is 1. The zero-order chi connectivity index (χ0) is 22.2. The number of hydrogen-bond donors (Lipinski definition) is 1. The molecular weight excluding hydrogens is 395 g/mol. The summed E-state index contributed by atoms with van der Waals surface area (Å²) in [5.74, 6) is -1.04. The van der Waals surface area contributed by atoms with Crippen LogP contribution < -0.4 is 10.1 Å². The van der Waals surface area contributed by atoms with Gasteiger partial charge >= 0.3 is 0 Å². The zero-order valence-corrected chi connectivity index (χ0v) is 18.3. The van der Waals surface area contributed by atoms with Gasteiger partial charge in [-0.25, -0.2) is 4.39 Å². The Bertz CT molecular complexity index is 879. The van der Waals surface area contributed by atoms with Gasteiger partial charge in [-0.1, -0.05) is 61.2 Å². The van der Waals surface area contributed by atoms with Crippen LogP contribution in [0.5, 0.6) is 5.75 Å². The van der Waals surface area contributed by atoms with Crippen molar-refractivity contribution in [2.45, 2.75) is 64.6 Å². The standard InChI is InChI=1S/C25H31FN2O3/c1-18-12-14-20(15-13-18)16-28(19(2)25(30)27-21-8-4-3-5-9-21)24(29)17-31-23-11-7-6-10-22(23)26/h6-7,10-15,19,21H,3-5,8-9,16-17H2,1-2H3,(H,27,30)/t19-/m0/s1. The lowest BCUT2D eigenvalue weighted by Gasteiger charge is -2.31. The molecule has 0 bridgehead atoms. The highest BCUT2D eigenvalue weighted by Crippen LogP contribution is 2.19. The molecule has 0 spiro atoms. The Balaban J connectivity index is 1.70. The average Bonchev–Trinajstić information content (AvgIpc) is 2.78. The van der Waals surface area contributed by atoms with E-state index in [0.29, 0.717) is 0 Å². The van der Waals surface area contributed by atoms with Crippen LogP contribution in [0.1, 0.15) is 50.2 Å². The summed E-state index contributed by atoms with van der Waals surface area (Å²) in [6, 6.07) is 13.3. The van der Waals surface area contributed by atoms with Gasteiger partial charge in [-0.15, -0.1) is 0 Å². The van der Waals surface area contributed by atoms with Crippen molar-refractivity contribution in [1.29, 1.82) is 0 Å². The maximum absolute atomic E-state index is 13.9. The zero-order valence-electron chi connectivity index (χ0n) is 18.3. The molecule has 1 aliphatic carbocycles. The molecule has 1 aliphatic rings. The summed E-state index contributed by atoms with van der Waals surface area (Å²) >= 11 is 0. The van der Waals surface area contributed by atoms with Crippen LogP contribution in [0, 0.1) is 12.7 Å². The predicted octanol–water partition coefficient (Wildman–Crippen LogP) is 4.38. The SMILES string of the molecule is Cc1ccc(CN(C(=O)COc2ccccc2F)[C@@H](C)C(=O)NC2CCCCC2)cc1. The maximum Gasteiger partial charge on any atom is 0.261 e. The summed E-state index contributed by atoms with van der Waals surface area (Å²) in [5, 5.41) is 3.10.